The van der Waals surface area contributed by atoms with Gasteiger partial charge in [-0.15, -0.1) is 0 Å². The van der Waals surface area contributed by atoms with Crippen molar-refractivity contribution in [2.75, 3.05) is 20.3 Å². The average Bonchev–Trinajstić information content (AvgIpc) is 3.03. The number of aryl methyl sites for hydroxylation is 1. The molecule has 1 aromatic heterocycles. The van der Waals surface area contributed by atoms with E-state index in [0.717, 1.165) is 22.9 Å². The van der Waals surface area contributed by atoms with Gasteiger partial charge in [-0.3, -0.25) is 4.79 Å². The monoisotopic (exact) mass is 368 g/mol. The molecule has 1 amide bonds. The van der Waals surface area contributed by atoms with Crippen LogP contribution in [0.25, 0.3) is 10.9 Å². The fourth-order valence-electron chi connectivity index (χ4n) is 3.24. The largest absolute Gasteiger partial charge is 0.385 e. The van der Waals surface area contributed by atoms with Gasteiger partial charge < -0.3 is 14.6 Å². The number of carbonyl (C=O) groups is 1. The molecule has 0 saturated carbocycles. The van der Waals surface area contributed by atoms with E-state index >= 15 is 0 Å². The number of halogens is 1. The van der Waals surface area contributed by atoms with E-state index in [1.54, 1.807) is 19.2 Å². The Morgan fingerprint density at radius 3 is 2.70 bits per heavy atom. The topological polar surface area (TPSA) is 43.3 Å². The summed E-state index contributed by atoms with van der Waals surface area (Å²) in [6, 6.07) is 14.9. The maximum absolute atomic E-state index is 14.0. The van der Waals surface area contributed by atoms with Gasteiger partial charge in [-0.1, -0.05) is 36.4 Å². The number of methoxy groups -OCH3 is 1. The van der Waals surface area contributed by atoms with Crippen molar-refractivity contribution in [3.05, 3.63) is 71.7 Å². The van der Waals surface area contributed by atoms with Crippen LogP contribution in [0.1, 0.15) is 24.0 Å². The molecule has 0 aliphatic heterocycles. The highest BCUT2D eigenvalue weighted by Crippen LogP contribution is 2.24. The molecule has 0 atom stereocenters. The lowest BCUT2D eigenvalue weighted by Crippen LogP contribution is -2.25. The second kappa shape index (κ2) is 9.33. The van der Waals surface area contributed by atoms with E-state index in [2.05, 4.69) is 16.0 Å². The first-order valence-electron chi connectivity index (χ1n) is 9.25. The van der Waals surface area contributed by atoms with E-state index in [-0.39, 0.29) is 11.7 Å². The summed E-state index contributed by atoms with van der Waals surface area (Å²) < 4.78 is 21.1. The molecule has 5 heteroatoms. The van der Waals surface area contributed by atoms with Crippen LogP contribution in [0.2, 0.25) is 0 Å². The fourth-order valence-corrected chi connectivity index (χ4v) is 3.24. The van der Waals surface area contributed by atoms with E-state index < -0.39 is 0 Å². The van der Waals surface area contributed by atoms with Crippen LogP contribution in [0.3, 0.4) is 0 Å². The Bertz CT molecular complexity index is 904. The minimum absolute atomic E-state index is 0.0389. The molecule has 0 aliphatic rings. The van der Waals surface area contributed by atoms with Crippen LogP contribution in [-0.4, -0.2) is 30.7 Å². The number of ether oxygens (including phenoxy) is 1. The molecule has 142 valence electrons. The number of rotatable bonds is 9. The van der Waals surface area contributed by atoms with E-state index in [0.29, 0.717) is 38.1 Å². The minimum atomic E-state index is -0.202. The van der Waals surface area contributed by atoms with Gasteiger partial charge in [-0.25, -0.2) is 4.39 Å². The zero-order valence-corrected chi connectivity index (χ0v) is 15.6. The molecular formula is C22H25FN2O2. The minimum Gasteiger partial charge on any atom is -0.385 e. The first-order chi connectivity index (χ1) is 13.2. The third-order valence-electron chi connectivity index (χ3n) is 4.64. The summed E-state index contributed by atoms with van der Waals surface area (Å²) in [4.78, 5) is 12.0. The molecule has 0 radical (unpaired) electrons. The van der Waals surface area contributed by atoms with Gasteiger partial charge in [0.05, 0.1) is 6.54 Å². The number of aromatic nitrogens is 1. The average molecular weight is 368 g/mol. The van der Waals surface area contributed by atoms with E-state index in [4.69, 9.17) is 4.74 Å². The Morgan fingerprint density at radius 2 is 1.89 bits per heavy atom. The van der Waals surface area contributed by atoms with Crippen LogP contribution < -0.4 is 5.32 Å². The van der Waals surface area contributed by atoms with Crippen LogP contribution in [0, 0.1) is 5.82 Å². The van der Waals surface area contributed by atoms with Crippen LogP contribution in [0.15, 0.2) is 54.7 Å². The molecule has 4 nitrogen and oxygen atoms in total. The molecule has 27 heavy (non-hydrogen) atoms. The lowest BCUT2D eigenvalue weighted by molar-refractivity contribution is -0.121. The molecule has 1 N–H and O–H groups in total. The Morgan fingerprint density at radius 1 is 1.11 bits per heavy atom. The molecule has 0 fully saturated rings. The molecular weight excluding hydrogens is 343 g/mol. The highest BCUT2D eigenvalue weighted by Gasteiger charge is 2.11. The van der Waals surface area contributed by atoms with Gasteiger partial charge in [0.1, 0.15) is 5.82 Å². The van der Waals surface area contributed by atoms with Gasteiger partial charge in [0, 0.05) is 49.3 Å². The van der Waals surface area contributed by atoms with Crippen molar-refractivity contribution in [1.29, 1.82) is 0 Å². The lowest BCUT2D eigenvalue weighted by Gasteiger charge is -2.06. The van der Waals surface area contributed by atoms with Crippen molar-refractivity contribution < 1.29 is 13.9 Å². The number of amides is 1. The molecule has 3 rings (SSSR count). The second-order valence-corrected chi connectivity index (χ2v) is 6.59. The first kappa shape index (κ1) is 19.1. The third kappa shape index (κ3) is 4.95. The summed E-state index contributed by atoms with van der Waals surface area (Å²) in [5.74, 6) is -0.163. The quantitative estimate of drug-likeness (QED) is 0.582. The van der Waals surface area contributed by atoms with Crippen molar-refractivity contribution in [2.24, 2.45) is 0 Å². The molecule has 3 aromatic rings. The number of fused-ring (bicyclic) bond motifs is 1. The standard InChI is InChI=1S/C22H25FN2O2/c1-27-14-6-13-24-22(26)12-11-17-15-25(21-10-5-3-8-19(17)21)16-18-7-2-4-9-20(18)23/h2-5,7-10,15H,6,11-14,16H2,1H3,(H,24,26). The Kier molecular flexibility index (Phi) is 6.60. The normalized spacial score (nSPS) is 11.0. The van der Waals surface area contributed by atoms with E-state index in [1.165, 1.54) is 6.07 Å². The highest BCUT2D eigenvalue weighted by molar-refractivity contribution is 5.85. The van der Waals surface area contributed by atoms with Crippen molar-refractivity contribution >= 4 is 16.8 Å². The second-order valence-electron chi connectivity index (χ2n) is 6.59. The predicted molar refractivity (Wildman–Crippen MR) is 105 cm³/mol. The number of hydrogen-bond donors (Lipinski definition) is 1. The summed E-state index contributed by atoms with van der Waals surface area (Å²) in [6.45, 7) is 1.74. The molecule has 2 aromatic carbocycles. The maximum Gasteiger partial charge on any atom is 0.220 e. The Labute approximate surface area is 158 Å². The van der Waals surface area contributed by atoms with Crippen molar-refractivity contribution in [2.45, 2.75) is 25.8 Å². The molecule has 1 heterocycles. The molecule has 0 spiro atoms. The number of carbonyl (C=O) groups excluding carboxylic acids is 1. The SMILES string of the molecule is COCCCNC(=O)CCc1cn(Cc2ccccc2F)c2ccccc12. The van der Waals surface area contributed by atoms with Gasteiger partial charge in [-0.2, -0.15) is 0 Å². The van der Waals surface area contributed by atoms with Gasteiger partial charge in [0.2, 0.25) is 5.91 Å². The van der Waals surface area contributed by atoms with Crippen LogP contribution in [0.5, 0.6) is 0 Å². The fraction of sp³-hybridized carbons (Fsp3) is 0.318. The molecule has 0 aliphatic carbocycles. The Hall–Kier alpha value is -2.66. The highest BCUT2D eigenvalue weighted by atomic mass is 19.1. The lowest BCUT2D eigenvalue weighted by atomic mass is 10.1. The summed E-state index contributed by atoms with van der Waals surface area (Å²) >= 11 is 0. The van der Waals surface area contributed by atoms with E-state index in [9.17, 15) is 9.18 Å². The van der Waals surface area contributed by atoms with Gasteiger partial charge >= 0.3 is 0 Å². The number of nitrogens with zero attached hydrogens (tertiary/aromatic N) is 1. The predicted octanol–water partition coefficient (Wildman–Crippen LogP) is 3.91. The van der Waals surface area contributed by atoms with Crippen LogP contribution in [0.4, 0.5) is 4.39 Å². The summed E-state index contributed by atoms with van der Waals surface area (Å²) in [6.07, 6.45) is 3.93. The van der Waals surface area contributed by atoms with Crippen molar-refractivity contribution in [1.82, 2.24) is 9.88 Å². The Balaban J connectivity index is 1.71. The van der Waals surface area contributed by atoms with Gasteiger partial charge in [-0.05, 0) is 30.5 Å². The number of benzene rings is 2. The third-order valence-corrected chi connectivity index (χ3v) is 4.64. The smallest absolute Gasteiger partial charge is 0.220 e. The molecule has 0 saturated heterocycles. The first-order valence-corrected chi connectivity index (χ1v) is 9.25. The molecule has 0 unspecified atom stereocenters. The van der Waals surface area contributed by atoms with Gasteiger partial charge in [0.25, 0.3) is 0 Å². The summed E-state index contributed by atoms with van der Waals surface area (Å²) in [5, 5.41) is 4.03. The van der Waals surface area contributed by atoms with Crippen LogP contribution >= 0.6 is 0 Å². The number of nitrogens with one attached hydrogen (secondary N) is 1. The van der Waals surface area contributed by atoms with Crippen LogP contribution in [-0.2, 0) is 22.5 Å². The summed E-state index contributed by atoms with van der Waals surface area (Å²) in [7, 11) is 1.65. The van der Waals surface area contributed by atoms with E-state index in [1.807, 2.05) is 30.5 Å². The zero-order chi connectivity index (χ0) is 19.1. The molecule has 0 bridgehead atoms. The summed E-state index contributed by atoms with van der Waals surface area (Å²) in [5.41, 5.74) is 2.81. The van der Waals surface area contributed by atoms with Gasteiger partial charge in [0.15, 0.2) is 0 Å². The zero-order valence-electron chi connectivity index (χ0n) is 15.6. The van der Waals surface area contributed by atoms with Crippen molar-refractivity contribution in [3.8, 4) is 0 Å². The number of hydrogen-bond acceptors (Lipinski definition) is 2. The van der Waals surface area contributed by atoms with Crippen molar-refractivity contribution in [3.63, 3.8) is 0 Å². The number of para-hydroxylation sites is 1. The maximum atomic E-state index is 14.0.